The molecule has 0 aromatic carbocycles. The largest absolute Gasteiger partial charge is 0.466 e. The fourth-order valence-corrected chi connectivity index (χ4v) is 1.27. The van der Waals surface area contributed by atoms with Crippen molar-refractivity contribution in [3.05, 3.63) is 42.2 Å². The zero-order chi connectivity index (χ0) is 15.0. The number of hydrogen-bond acceptors (Lipinski definition) is 5. The van der Waals surface area contributed by atoms with Crippen LogP contribution in [0.4, 0.5) is 0 Å². The van der Waals surface area contributed by atoms with Gasteiger partial charge in [-0.1, -0.05) is 0 Å². The lowest BCUT2D eigenvalue weighted by atomic mass is 10.3. The van der Waals surface area contributed by atoms with E-state index in [0.29, 0.717) is 5.56 Å². The van der Waals surface area contributed by atoms with Gasteiger partial charge in [0, 0.05) is 25.3 Å². The first kappa shape index (κ1) is 15.4. The third-order valence-electron chi connectivity index (χ3n) is 2.26. The van der Waals surface area contributed by atoms with Crippen molar-refractivity contribution >= 4 is 17.8 Å². The molecule has 1 aromatic rings. The van der Waals surface area contributed by atoms with Crippen molar-refractivity contribution in [3.63, 3.8) is 0 Å². The van der Waals surface area contributed by atoms with Gasteiger partial charge in [-0.3, -0.25) is 4.79 Å². The van der Waals surface area contributed by atoms with Gasteiger partial charge in [0.1, 0.15) is 5.56 Å². The highest BCUT2D eigenvalue weighted by Gasteiger charge is 2.10. The Morgan fingerprint density at radius 3 is 2.65 bits per heavy atom. The molecule has 7 heteroatoms. The van der Waals surface area contributed by atoms with E-state index in [-0.39, 0.29) is 12.6 Å². The van der Waals surface area contributed by atoms with Crippen LogP contribution in [-0.2, 0) is 25.8 Å². The van der Waals surface area contributed by atoms with Crippen molar-refractivity contribution in [3.8, 4) is 0 Å². The Bertz CT molecular complexity index is 539. The molecule has 0 fully saturated rings. The highest BCUT2D eigenvalue weighted by Crippen LogP contribution is 1.94. The number of esters is 2. The molecule has 1 amide bonds. The van der Waals surface area contributed by atoms with Crippen LogP contribution in [0.25, 0.3) is 0 Å². The molecule has 0 aliphatic rings. The van der Waals surface area contributed by atoms with Crippen molar-refractivity contribution < 1.29 is 28.4 Å². The Kier molecular flexibility index (Phi) is 5.89. The van der Waals surface area contributed by atoms with Crippen molar-refractivity contribution in [1.29, 1.82) is 0 Å². The summed E-state index contributed by atoms with van der Waals surface area (Å²) in [6, 6.07) is 3.29. The second-order valence-corrected chi connectivity index (χ2v) is 3.63. The molecule has 0 aliphatic heterocycles. The first-order valence-corrected chi connectivity index (χ1v) is 5.70. The Morgan fingerprint density at radius 2 is 2.00 bits per heavy atom. The summed E-state index contributed by atoms with van der Waals surface area (Å²) >= 11 is 0. The number of carbonyl (C=O) groups excluding carboxylic acids is 3. The molecule has 1 N–H and O–H groups in total. The van der Waals surface area contributed by atoms with Crippen molar-refractivity contribution in [2.24, 2.45) is 0 Å². The van der Waals surface area contributed by atoms with E-state index in [4.69, 9.17) is 4.74 Å². The van der Waals surface area contributed by atoms with Crippen LogP contribution in [0.1, 0.15) is 10.4 Å². The van der Waals surface area contributed by atoms with Gasteiger partial charge in [0.15, 0.2) is 12.4 Å². The molecule has 0 aliphatic carbocycles. The highest BCUT2D eigenvalue weighted by atomic mass is 16.5. The van der Waals surface area contributed by atoms with Crippen molar-refractivity contribution in [2.45, 2.75) is 6.73 Å². The Balaban J connectivity index is 2.57. The Morgan fingerprint density at radius 1 is 1.30 bits per heavy atom. The van der Waals surface area contributed by atoms with Gasteiger partial charge in [-0.05, 0) is 6.07 Å². The predicted molar refractivity (Wildman–Crippen MR) is 67.3 cm³/mol. The lowest BCUT2D eigenvalue weighted by Crippen LogP contribution is -2.37. The standard InChI is InChI=1S/C13H14N2O5/c1-14-13(18)10-4-3-7-15(8-10)9-20-12(17)6-5-11(16)19-2/h3-8H,9H2,1-2H3/p+1. The smallest absolute Gasteiger partial charge is 0.335 e. The fourth-order valence-electron chi connectivity index (χ4n) is 1.27. The van der Waals surface area contributed by atoms with Gasteiger partial charge < -0.3 is 14.8 Å². The maximum Gasteiger partial charge on any atom is 0.335 e. The molecule has 7 nitrogen and oxygen atoms in total. The van der Waals surface area contributed by atoms with Gasteiger partial charge in [-0.15, -0.1) is 0 Å². The predicted octanol–water partition coefficient (Wildman–Crippen LogP) is -0.436. The van der Waals surface area contributed by atoms with Crippen molar-refractivity contribution in [2.75, 3.05) is 14.2 Å². The lowest BCUT2D eigenvalue weighted by Gasteiger charge is -2.00. The van der Waals surface area contributed by atoms with Crippen LogP contribution in [0.5, 0.6) is 0 Å². The molecule has 0 radical (unpaired) electrons. The van der Waals surface area contributed by atoms with Gasteiger partial charge in [-0.2, -0.15) is 4.57 Å². The van der Waals surface area contributed by atoms with Gasteiger partial charge >= 0.3 is 11.9 Å². The maximum absolute atomic E-state index is 11.4. The maximum atomic E-state index is 11.4. The molecular formula is C13H15N2O5+. The van der Waals surface area contributed by atoms with Crippen LogP contribution in [0, 0.1) is 0 Å². The third kappa shape index (κ3) is 4.89. The molecule has 0 atom stereocenters. The molecule has 0 saturated heterocycles. The second kappa shape index (κ2) is 7.67. The van der Waals surface area contributed by atoms with Crippen molar-refractivity contribution in [1.82, 2.24) is 5.32 Å². The van der Waals surface area contributed by atoms with E-state index < -0.39 is 11.9 Å². The highest BCUT2D eigenvalue weighted by molar-refractivity contribution is 5.93. The molecule has 1 rings (SSSR count). The first-order chi connectivity index (χ1) is 9.56. The van der Waals surface area contributed by atoms with E-state index in [1.54, 1.807) is 18.3 Å². The molecule has 0 unspecified atom stereocenters. The van der Waals surface area contributed by atoms with Gasteiger partial charge in [0.25, 0.3) is 12.6 Å². The van der Waals surface area contributed by atoms with E-state index in [9.17, 15) is 14.4 Å². The second-order valence-electron chi connectivity index (χ2n) is 3.63. The van der Waals surface area contributed by atoms with E-state index in [1.165, 1.54) is 24.9 Å². The number of rotatable bonds is 5. The molecule has 20 heavy (non-hydrogen) atoms. The van der Waals surface area contributed by atoms with Crippen LogP contribution < -0.4 is 9.88 Å². The van der Waals surface area contributed by atoms with Gasteiger partial charge in [0.05, 0.1) is 7.11 Å². The topological polar surface area (TPSA) is 85.6 Å². The van der Waals surface area contributed by atoms with Crippen LogP contribution in [0.3, 0.4) is 0 Å². The van der Waals surface area contributed by atoms with Crippen LogP contribution >= 0.6 is 0 Å². The average molecular weight is 279 g/mol. The summed E-state index contributed by atoms with van der Waals surface area (Å²) in [5, 5.41) is 2.49. The number of nitrogens with zero attached hydrogens (tertiary/aromatic N) is 1. The van der Waals surface area contributed by atoms with Crippen LogP contribution in [0.15, 0.2) is 36.7 Å². The normalized spacial score (nSPS) is 10.1. The van der Waals surface area contributed by atoms with E-state index in [2.05, 4.69) is 10.1 Å². The Labute approximate surface area is 115 Å². The molecule has 0 spiro atoms. The minimum absolute atomic E-state index is 0.0742. The fraction of sp³-hybridized carbons (Fsp3) is 0.231. The number of ether oxygens (including phenoxy) is 2. The van der Waals surface area contributed by atoms with E-state index in [1.807, 2.05) is 0 Å². The Hall–Kier alpha value is -2.70. The van der Waals surface area contributed by atoms with Gasteiger partial charge in [0.2, 0.25) is 0 Å². The molecule has 0 bridgehead atoms. The molecule has 1 heterocycles. The first-order valence-electron chi connectivity index (χ1n) is 5.70. The quantitative estimate of drug-likeness (QED) is 0.449. The van der Waals surface area contributed by atoms with Crippen LogP contribution in [0.2, 0.25) is 0 Å². The number of aromatic nitrogens is 1. The summed E-state index contributed by atoms with van der Waals surface area (Å²) in [6.07, 6.45) is 5.11. The molecule has 106 valence electrons. The average Bonchev–Trinajstić information content (AvgIpc) is 2.49. The number of pyridine rings is 1. The van der Waals surface area contributed by atoms with E-state index >= 15 is 0 Å². The minimum Gasteiger partial charge on any atom is -0.466 e. The molecule has 1 aromatic heterocycles. The molecule has 0 saturated carbocycles. The summed E-state index contributed by atoms with van der Waals surface area (Å²) in [4.78, 5) is 33.5. The number of hydrogen-bond donors (Lipinski definition) is 1. The summed E-state index contributed by atoms with van der Waals surface area (Å²) in [7, 11) is 2.73. The monoisotopic (exact) mass is 279 g/mol. The number of carbonyl (C=O) groups is 3. The summed E-state index contributed by atoms with van der Waals surface area (Å²) < 4.78 is 10.7. The number of nitrogens with one attached hydrogen (secondary N) is 1. The molecular weight excluding hydrogens is 264 g/mol. The zero-order valence-corrected chi connectivity index (χ0v) is 11.2. The van der Waals surface area contributed by atoms with Crippen LogP contribution in [-0.4, -0.2) is 32.0 Å². The minimum atomic E-state index is -0.687. The zero-order valence-electron chi connectivity index (χ0n) is 11.2. The third-order valence-corrected chi connectivity index (χ3v) is 2.26. The number of amides is 1. The number of methoxy groups -OCH3 is 1. The summed E-state index contributed by atoms with van der Waals surface area (Å²) in [5.74, 6) is -1.57. The van der Waals surface area contributed by atoms with E-state index in [0.717, 1.165) is 12.2 Å². The van der Waals surface area contributed by atoms with Gasteiger partial charge in [-0.25, -0.2) is 9.59 Å². The summed E-state index contributed by atoms with van der Waals surface area (Å²) in [5.41, 5.74) is 0.441. The summed E-state index contributed by atoms with van der Waals surface area (Å²) in [6.45, 7) is -0.0742. The lowest BCUT2D eigenvalue weighted by molar-refractivity contribution is -0.727. The SMILES string of the molecule is CNC(=O)c1ccc[n+](COC(=O)C=CC(=O)OC)c1.